The maximum Gasteiger partial charge on any atom is 0.397 e. The molecule has 0 amide bonds. The Balaban J connectivity index is 2.25. The van der Waals surface area contributed by atoms with Crippen molar-refractivity contribution in [2.24, 2.45) is 0 Å². The predicted octanol–water partition coefficient (Wildman–Crippen LogP) is 15.7. The van der Waals surface area contributed by atoms with Gasteiger partial charge in [-0.15, -0.1) is 0 Å². The van der Waals surface area contributed by atoms with Crippen LogP contribution in [0.1, 0.15) is 303 Å². The zero-order valence-corrected chi connectivity index (χ0v) is 48.0. The van der Waals surface area contributed by atoms with Crippen LogP contribution < -0.4 is 0 Å². The molecular formula is C60H116O12S. The van der Waals surface area contributed by atoms with E-state index in [0.29, 0.717) is 13.0 Å². The van der Waals surface area contributed by atoms with E-state index in [0.717, 1.165) is 38.5 Å². The number of aliphatic hydroxyl groups excluding tert-OH is 3. The van der Waals surface area contributed by atoms with E-state index in [1.165, 1.54) is 238 Å². The molecular weight excluding hydrogens is 945 g/mol. The summed E-state index contributed by atoms with van der Waals surface area (Å²) in [4.78, 5) is 13.0. The average molecular weight is 1060 g/mol. The second kappa shape index (κ2) is 51.6. The van der Waals surface area contributed by atoms with Gasteiger partial charge in [-0.05, 0) is 38.5 Å². The van der Waals surface area contributed by atoms with Gasteiger partial charge in [-0.1, -0.05) is 270 Å². The van der Waals surface area contributed by atoms with Crippen molar-refractivity contribution in [3.63, 3.8) is 0 Å². The molecule has 6 unspecified atom stereocenters. The van der Waals surface area contributed by atoms with Gasteiger partial charge in [0, 0.05) is 13.0 Å². The van der Waals surface area contributed by atoms with E-state index in [9.17, 15) is 33.1 Å². The molecule has 4 N–H and O–H groups in total. The molecule has 1 aliphatic rings. The van der Waals surface area contributed by atoms with Gasteiger partial charge < -0.3 is 34.3 Å². The topological polar surface area (TPSA) is 178 Å². The van der Waals surface area contributed by atoms with Gasteiger partial charge >= 0.3 is 16.4 Å². The maximum absolute atomic E-state index is 13.0. The Hall–Kier alpha value is -1.16. The summed E-state index contributed by atoms with van der Waals surface area (Å²) in [5.41, 5.74) is 0. The van der Waals surface area contributed by atoms with E-state index in [1.54, 1.807) is 0 Å². The molecule has 1 rings (SSSR count). The molecule has 1 fully saturated rings. The first-order valence-electron chi connectivity index (χ1n) is 30.9. The van der Waals surface area contributed by atoms with Gasteiger partial charge in [0.05, 0.1) is 19.8 Å². The van der Waals surface area contributed by atoms with E-state index in [1.807, 2.05) is 0 Å². The van der Waals surface area contributed by atoms with Gasteiger partial charge in [0.15, 0.2) is 6.29 Å². The van der Waals surface area contributed by atoms with E-state index >= 15 is 0 Å². The van der Waals surface area contributed by atoms with Gasteiger partial charge in [0.1, 0.15) is 30.5 Å². The zero-order chi connectivity index (χ0) is 53.1. The Morgan fingerprint density at radius 2 is 0.863 bits per heavy atom. The maximum atomic E-state index is 13.0. The number of carbonyl (C=O) groups excluding carboxylic acids is 1. The molecule has 13 heteroatoms. The summed E-state index contributed by atoms with van der Waals surface area (Å²) in [5.74, 6) is -0.390. The van der Waals surface area contributed by atoms with Crippen LogP contribution in [-0.2, 0) is 38.3 Å². The van der Waals surface area contributed by atoms with Crippen LogP contribution in [0.25, 0.3) is 0 Å². The molecule has 6 atom stereocenters. The Kier molecular flexibility index (Phi) is 49.4. The number of esters is 1. The van der Waals surface area contributed by atoms with Crippen molar-refractivity contribution in [1.82, 2.24) is 0 Å². The van der Waals surface area contributed by atoms with E-state index in [-0.39, 0.29) is 19.6 Å². The third-order valence-corrected chi connectivity index (χ3v) is 15.1. The quantitative estimate of drug-likeness (QED) is 0.0196. The Morgan fingerprint density at radius 1 is 0.507 bits per heavy atom. The minimum absolute atomic E-state index is 0.0417. The van der Waals surface area contributed by atoms with E-state index in [4.69, 9.17) is 18.9 Å². The minimum atomic E-state index is -5.07. The van der Waals surface area contributed by atoms with E-state index in [2.05, 4.69) is 30.2 Å². The Morgan fingerprint density at radius 3 is 1.23 bits per heavy atom. The lowest BCUT2D eigenvalue weighted by atomic mass is 9.99. The first-order chi connectivity index (χ1) is 35.6. The van der Waals surface area contributed by atoms with Crippen molar-refractivity contribution < 1.29 is 56.2 Å². The SMILES string of the molecule is CCCCCCCCCC/C=C\CCCCCCCCCCCCOCC(COC1OC(CO)C(O)C(OS(=O)(=O)O)C1O)OC(=O)CCCCCCCCCCCCCCCCCCCCCCCCCC. The fourth-order valence-corrected chi connectivity index (χ4v) is 10.5. The summed E-state index contributed by atoms with van der Waals surface area (Å²) < 4.78 is 59.5. The number of rotatable bonds is 56. The molecule has 1 saturated heterocycles. The Labute approximate surface area is 449 Å². The number of carbonyl (C=O) groups is 1. The lowest BCUT2D eigenvalue weighted by molar-refractivity contribution is -0.301. The van der Waals surface area contributed by atoms with Crippen molar-refractivity contribution in [3.8, 4) is 0 Å². The highest BCUT2D eigenvalue weighted by Gasteiger charge is 2.48. The van der Waals surface area contributed by atoms with Crippen molar-refractivity contribution in [2.75, 3.05) is 26.4 Å². The summed E-state index contributed by atoms with van der Waals surface area (Å²) in [6, 6.07) is 0. The molecule has 0 aliphatic carbocycles. The molecule has 0 radical (unpaired) electrons. The molecule has 0 aromatic rings. The lowest BCUT2D eigenvalue weighted by Crippen LogP contribution is -2.60. The highest BCUT2D eigenvalue weighted by Crippen LogP contribution is 2.26. The van der Waals surface area contributed by atoms with Gasteiger partial charge in [-0.2, -0.15) is 8.42 Å². The summed E-state index contributed by atoms with van der Waals surface area (Å²) in [7, 11) is -5.07. The molecule has 0 aromatic heterocycles. The first-order valence-corrected chi connectivity index (χ1v) is 32.3. The van der Waals surface area contributed by atoms with Crippen LogP contribution in [0.2, 0.25) is 0 Å². The van der Waals surface area contributed by atoms with Crippen molar-refractivity contribution in [1.29, 1.82) is 0 Å². The lowest BCUT2D eigenvalue weighted by Gasteiger charge is -2.41. The van der Waals surface area contributed by atoms with Gasteiger partial charge in [0.25, 0.3) is 0 Å². The highest BCUT2D eigenvalue weighted by atomic mass is 32.3. The molecule has 1 heterocycles. The van der Waals surface area contributed by atoms with Crippen LogP contribution >= 0.6 is 0 Å². The number of ether oxygens (including phenoxy) is 4. The van der Waals surface area contributed by atoms with Crippen LogP contribution in [0.15, 0.2) is 12.2 Å². The second-order valence-electron chi connectivity index (χ2n) is 21.7. The molecule has 0 saturated carbocycles. The third-order valence-electron chi connectivity index (χ3n) is 14.6. The molecule has 1 aliphatic heterocycles. The second-order valence-corrected chi connectivity index (χ2v) is 22.7. The molecule has 0 bridgehead atoms. The zero-order valence-electron chi connectivity index (χ0n) is 47.2. The van der Waals surface area contributed by atoms with Crippen LogP contribution in [-0.4, -0.2) is 97.5 Å². The highest BCUT2D eigenvalue weighted by molar-refractivity contribution is 7.80. The standard InChI is InChI=1S/C60H116O12S/c1-3-5-7-9-11-13-15-17-19-21-23-25-27-28-29-31-33-35-37-39-41-43-45-47-49-56(62)70-54(53-69-60-58(64)59(72-73(65,66)67)57(63)55(51-61)71-60)52-68-50-48-46-44-42-40-38-36-34-32-30-26-24-22-20-18-16-14-12-10-8-6-4-2/h22,24,54-55,57-61,63-64H,3-21,23,25-53H2,1-2H3,(H,65,66,67)/b24-22-. The molecule has 434 valence electrons. The van der Waals surface area contributed by atoms with Crippen LogP contribution in [0.5, 0.6) is 0 Å². The van der Waals surface area contributed by atoms with Crippen LogP contribution in [0.4, 0.5) is 0 Å². The van der Waals surface area contributed by atoms with Gasteiger partial charge in [-0.25, -0.2) is 4.18 Å². The number of unbranched alkanes of at least 4 members (excludes halogenated alkanes) is 41. The molecule has 0 spiro atoms. The predicted molar refractivity (Wildman–Crippen MR) is 299 cm³/mol. The number of hydrogen-bond acceptors (Lipinski definition) is 11. The number of hydrogen-bond donors (Lipinski definition) is 4. The molecule has 73 heavy (non-hydrogen) atoms. The Bertz CT molecular complexity index is 1320. The molecule has 12 nitrogen and oxygen atoms in total. The summed E-state index contributed by atoms with van der Waals surface area (Å²) in [5, 5.41) is 30.9. The number of aliphatic hydroxyl groups is 3. The normalized spacial score (nSPS) is 18.8. The smallest absolute Gasteiger partial charge is 0.397 e. The van der Waals surface area contributed by atoms with Gasteiger partial charge in [-0.3, -0.25) is 9.35 Å². The average Bonchev–Trinajstić information content (AvgIpc) is 3.37. The number of allylic oxidation sites excluding steroid dienone is 2. The molecule has 0 aromatic carbocycles. The first kappa shape index (κ1) is 69.9. The summed E-state index contributed by atoms with van der Waals surface area (Å²) in [6.45, 7) is 4.07. The summed E-state index contributed by atoms with van der Waals surface area (Å²) >= 11 is 0. The monoisotopic (exact) mass is 1060 g/mol. The van der Waals surface area contributed by atoms with Crippen LogP contribution in [0.3, 0.4) is 0 Å². The van der Waals surface area contributed by atoms with E-state index < -0.39 is 59.8 Å². The van der Waals surface area contributed by atoms with Gasteiger partial charge in [0.2, 0.25) is 0 Å². The van der Waals surface area contributed by atoms with Crippen LogP contribution in [0, 0.1) is 0 Å². The minimum Gasteiger partial charge on any atom is -0.457 e. The van der Waals surface area contributed by atoms with Crippen molar-refractivity contribution in [3.05, 3.63) is 12.2 Å². The fraction of sp³-hybridized carbons (Fsp3) is 0.950. The fourth-order valence-electron chi connectivity index (χ4n) is 9.97. The summed E-state index contributed by atoms with van der Waals surface area (Å²) in [6.07, 6.45) is 52.6. The van der Waals surface area contributed by atoms with Crippen molar-refractivity contribution in [2.45, 2.75) is 340 Å². The van der Waals surface area contributed by atoms with Crippen molar-refractivity contribution >= 4 is 16.4 Å². The largest absolute Gasteiger partial charge is 0.457 e. The third kappa shape index (κ3) is 44.5.